The summed E-state index contributed by atoms with van der Waals surface area (Å²) in [4.78, 5) is 25.7. The highest BCUT2D eigenvalue weighted by molar-refractivity contribution is 5.99. The zero-order valence-electron chi connectivity index (χ0n) is 14.5. The maximum absolute atomic E-state index is 12.2. The number of hydrogen-bond donors (Lipinski definition) is 1. The Bertz CT molecular complexity index is 784. The Morgan fingerprint density at radius 3 is 2.68 bits per heavy atom. The molecule has 130 valence electrons. The molecule has 1 heterocycles. The van der Waals surface area contributed by atoms with E-state index < -0.39 is 0 Å². The van der Waals surface area contributed by atoms with E-state index in [1.54, 1.807) is 17.0 Å². The fourth-order valence-electron chi connectivity index (χ4n) is 2.87. The summed E-state index contributed by atoms with van der Waals surface area (Å²) in [5.74, 6) is 0.530. The number of carbonyl (C=O) groups excluding carboxylic acids is 2. The molecule has 0 saturated carbocycles. The highest BCUT2D eigenvalue weighted by Crippen LogP contribution is 2.34. The summed E-state index contributed by atoms with van der Waals surface area (Å²) in [6.07, 6.45) is 1.12. The highest BCUT2D eigenvalue weighted by atomic mass is 16.5. The van der Waals surface area contributed by atoms with Gasteiger partial charge < -0.3 is 15.0 Å². The van der Waals surface area contributed by atoms with Crippen LogP contribution in [0.25, 0.3) is 0 Å². The number of amides is 2. The van der Waals surface area contributed by atoms with Gasteiger partial charge in [0.05, 0.1) is 5.69 Å². The Morgan fingerprint density at radius 2 is 1.96 bits per heavy atom. The molecule has 0 aromatic heterocycles. The molecule has 1 aliphatic rings. The SMILES string of the molecule is CCN1C(=O)COc2cc(NC(=O)CCc3ccc(C)cc3)ccc21. The number of nitrogens with one attached hydrogen (secondary N) is 1. The van der Waals surface area contributed by atoms with Crippen molar-refractivity contribution in [3.63, 3.8) is 0 Å². The summed E-state index contributed by atoms with van der Waals surface area (Å²) in [5, 5.41) is 2.90. The zero-order valence-corrected chi connectivity index (χ0v) is 14.5. The largest absolute Gasteiger partial charge is 0.481 e. The highest BCUT2D eigenvalue weighted by Gasteiger charge is 2.24. The monoisotopic (exact) mass is 338 g/mol. The fraction of sp³-hybridized carbons (Fsp3) is 0.300. The van der Waals surface area contributed by atoms with Crippen LogP contribution in [0.4, 0.5) is 11.4 Å². The smallest absolute Gasteiger partial charge is 0.265 e. The Hall–Kier alpha value is -2.82. The maximum Gasteiger partial charge on any atom is 0.265 e. The predicted octanol–water partition coefficient (Wildman–Crippen LogP) is 3.31. The van der Waals surface area contributed by atoms with Crippen LogP contribution >= 0.6 is 0 Å². The number of hydrogen-bond acceptors (Lipinski definition) is 3. The van der Waals surface area contributed by atoms with Gasteiger partial charge in [0.25, 0.3) is 5.91 Å². The van der Waals surface area contributed by atoms with Crippen molar-refractivity contribution in [3.8, 4) is 5.75 Å². The Balaban J connectivity index is 1.62. The first kappa shape index (κ1) is 17.0. The van der Waals surface area contributed by atoms with Gasteiger partial charge in [-0.25, -0.2) is 0 Å². The number of benzene rings is 2. The molecule has 2 amide bonds. The molecular formula is C20H22N2O3. The normalized spacial score (nSPS) is 13.2. The fourth-order valence-corrected chi connectivity index (χ4v) is 2.87. The van der Waals surface area contributed by atoms with Gasteiger partial charge in [-0.3, -0.25) is 9.59 Å². The van der Waals surface area contributed by atoms with Crippen molar-refractivity contribution in [2.75, 3.05) is 23.4 Å². The molecule has 0 saturated heterocycles. The number of rotatable bonds is 5. The second-order valence-electron chi connectivity index (χ2n) is 6.14. The molecule has 3 rings (SSSR count). The first-order valence-electron chi connectivity index (χ1n) is 8.49. The van der Waals surface area contributed by atoms with Gasteiger partial charge in [0, 0.05) is 24.7 Å². The number of aryl methyl sites for hydroxylation is 2. The predicted molar refractivity (Wildman–Crippen MR) is 98.1 cm³/mol. The van der Waals surface area contributed by atoms with E-state index in [0.717, 1.165) is 11.3 Å². The molecule has 0 atom stereocenters. The summed E-state index contributed by atoms with van der Waals surface area (Å²) in [6.45, 7) is 4.60. The number of likely N-dealkylation sites (N-methyl/N-ethyl adjacent to an activating group) is 1. The second kappa shape index (κ2) is 7.38. The Labute approximate surface area is 147 Å². The molecule has 1 N–H and O–H groups in total. The van der Waals surface area contributed by atoms with E-state index in [0.29, 0.717) is 30.8 Å². The van der Waals surface area contributed by atoms with E-state index in [-0.39, 0.29) is 18.4 Å². The molecular weight excluding hydrogens is 316 g/mol. The number of carbonyl (C=O) groups is 2. The number of fused-ring (bicyclic) bond motifs is 1. The summed E-state index contributed by atoms with van der Waals surface area (Å²) >= 11 is 0. The third-order valence-corrected chi connectivity index (χ3v) is 4.26. The minimum Gasteiger partial charge on any atom is -0.481 e. The van der Waals surface area contributed by atoms with Crippen molar-refractivity contribution in [1.29, 1.82) is 0 Å². The molecule has 0 aliphatic carbocycles. The minimum absolute atomic E-state index is 0.0334. The quantitative estimate of drug-likeness (QED) is 0.910. The lowest BCUT2D eigenvalue weighted by Gasteiger charge is -2.28. The summed E-state index contributed by atoms with van der Waals surface area (Å²) in [7, 11) is 0. The summed E-state index contributed by atoms with van der Waals surface area (Å²) < 4.78 is 5.49. The van der Waals surface area contributed by atoms with Gasteiger partial charge in [0.2, 0.25) is 5.91 Å². The molecule has 0 radical (unpaired) electrons. The van der Waals surface area contributed by atoms with E-state index in [9.17, 15) is 9.59 Å². The lowest BCUT2D eigenvalue weighted by Crippen LogP contribution is -2.38. The lowest BCUT2D eigenvalue weighted by atomic mass is 10.1. The van der Waals surface area contributed by atoms with Crippen LogP contribution in [0.3, 0.4) is 0 Å². The molecule has 2 aromatic rings. The molecule has 5 heteroatoms. The van der Waals surface area contributed by atoms with Crippen LogP contribution in [0.2, 0.25) is 0 Å². The van der Waals surface area contributed by atoms with E-state index in [2.05, 4.69) is 17.4 Å². The number of nitrogens with zero attached hydrogens (tertiary/aromatic N) is 1. The summed E-state index contributed by atoms with van der Waals surface area (Å²) in [6, 6.07) is 13.6. The Morgan fingerprint density at radius 1 is 1.20 bits per heavy atom. The van der Waals surface area contributed by atoms with Gasteiger partial charge >= 0.3 is 0 Å². The third kappa shape index (κ3) is 3.99. The molecule has 0 bridgehead atoms. The molecule has 2 aromatic carbocycles. The molecule has 0 fully saturated rings. The van der Waals surface area contributed by atoms with Crippen LogP contribution < -0.4 is 15.0 Å². The molecule has 0 spiro atoms. The Kier molecular flexibility index (Phi) is 5.03. The average Bonchev–Trinajstić information content (AvgIpc) is 2.61. The van der Waals surface area contributed by atoms with Crippen LogP contribution in [0.5, 0.6) is 5.75 Å². The van der Waals surface area contributed by atoms with Gasteiger partial charge in [-0.05, 0) is 38.0 Å². The van der Waals surface area contributed by atoms with E-state index in [1.165, 1.54) is 5.56 Å². The van der Waals surface area contributed by atoms with Crippen molar-refractivity contribution >= 4 is 23.2 Å². The van der Waals surface area contributed by atoms with Crippen molar-refractivity contribution in [2.45, 2.75) is 26.7 Å². The van der Waals surface area contributed by atoms with Crippen molar-refractivity contribution in [2.24, 2.45) is 0 Å². The number of anilines is 2. The van der Waals surface area contributed by atoms with Crippen LogP contribution in [-0.4, -0.2) is 25.0 Å². The van der Waals surface area contributed by atoms with Crippen molar-refractivity contribution < 1.29 is 14.3 Å². The second-order valence-corrected chi connectivity index (χ2v) is 6.14. The topological polar surface area (TPSA) is 58.6 Å². The van der Waals surface area contributed by atoms with Gasteiger partial charge in [-0.1, -0.05) is 29.8 Å². The molecule has 1 aliphatic heterocycles. The van der Waals surface area contributed by atoms with Crippen LogP contribution in [-0.2, 0) is 16.0 Å². The molecule has 25 heavy (non-hydrogen) atoms. The van der Waals surface area contributed by atoms with Crippen LogP contribution in [0.1, 0.15) is 24.5 Å². The van der Waals surface area contributed by atoms with Gasteiger partial charge in [0.15, 0.2) is 6.61 Å². The maximum atomic E-state index is 12.2. The van der Waals surface area contributed by atoms with Crippen molar-refractivity contribution in [1.82, 2.24) is 0 Å². The molecule has 5 nitrogen and oxygen atoms in total. The van der Waals surface area contributed by atoms with E-state index in [4.69, 9.17) is 4.74 Å². The van der Waals surface area contributed by atoms with E-state index in [1.807, 2.05) is 32.0 Å². The standard InChI is InChI=1S/C20H22N2O3/c1-3-22-17-10-9-16(12-18(17)25-13-20(22)24)21-19(23)11-8-15-6-4-14(2)5-7-15/h4-7,9-10,12H,3,8,11,13H2,1-2H3,(H,21,23). The minimum atomic E-state index is -0.0510. The van der Waals surface area contributed by atoms with Crippen LogP contribution in [0.15, 0.2) is 42.5 Å². The van der Waals surface area contributed by atoms with Gasteiger partial charge in [-0.2, -0.15) is 0 Å². The average molecular weight is 338 g/mol. The first-order chi connectivity index (χ1) is 12.1. The lowest BCUT2D eigenvalue weighted by molar-refractivity contribution is -0.121. The summed E-state index contributed by atoms with van der Waals surface area (Å²) in [5.41, 5.74) is 3.78. The zero-order chi connectivity index (χ0) is 17.8. The van der Waals surface area contributed by atoms with E-state index >= 15 is 0 Å². The molecule has 0 unspecified atom stereocenters. The third-order valence-electron chi connectivity index (χ3n) is 4.26. The van der Waals surface area contributed by atoms with Crippen LogP contribution in [0, 0.1) is 6.92 Å². The first-order valence-corrected chi connectivity index (χ1v) is 8.49. The number of ether oxygens (including phenoxy) is 1. The van der Waals surface area contributed by atoms with Gasteiger partial charge in [-0.15, -0.1) is 0 Å². The van der Waals surface area contributed by atoms with Crippen molar-refractivity contribution in [3.05, 3.63) is 53.6 Å². The van der Waals surface area contributed by atoms with Gasteiger partial charge in [0.1, 0.15) is 5.75 Å².